The van der Waals surface area contributed by atoms with E-state index in [2.05, 4.69) is 62.4 Å². The summed E-state index contributed by atoms with van der Waals surface area (Å²) in [5, 5.41) is 0. The number of hydrogen-bond acceptors (Lipinski definition) is 2. The minimum atomic E-state index is 0.696. The van der Waals surface area contributed by atoms with Gasteiger partial charge in [0.05, 0.1) is 13.2 Å². The molecule has 0 saturated heterocycles. The Bertz CT molecular complexity index is 477. The molecule has 0 amide bonds. The minimum Gasteiger partial charge on any atom is -0.377 e. The van der Waals surface area contributed by atoms with Crippen molar-refractivity contribution in [2.24, 2.45) is 0 Å². The molecule has 2 aromatic rings. The summed E-state index contributed by atoms with van der Waals surface area (Å²) in [6.07, 6.45) is 2.12. The van der Waals surface area contributed by atoms with Crippen molar-refractivity contribution in [3.8, 4) is 11.1 Å². The van der Waals surface area contributed by atoms with E-state index >= 15 is 0 Å². The molecule has 0 aliphatic rings. The molecule has 0 heterocycles. The average molecular weight is 298 g/mol. The summed E-state index contributed by atoms with van der Waals surface area (Å²) in [6, 6.07) is 17.2. The molecular formula is C20H26O2. The quantitative estimate of drug-likeness (QED) is 0.592. The maximum atomic E-state index is 5.56. The van der Waals surface area contributed by atoms with Gasteiger partial charge in [-0.2, -0.15) is 0 Å². The lowest BCUT2D eigenvalue weighted by Crippen LogP contribution is -1.94. The maximum absolute atomic E-state index is 5.56. The molecule has 0 saturated carbocycles. The molecule has 0 aliphatic heterocycles. The molecule has 0 atom stereocenters. The summed E-state index contributed by atoms with van der Waals surface area (Å²) in [5.41, 5.74) is 4.92. The lowest BCUT2D eigenvalue weighted by atomic mass is 10.0. The molecule has 0 bridgehead atoms. The summed E-state index contributed by atoms with van der Waals surface area (Å²) in [4.78, 5) is 0. The zero-order valence-corrected chi connectivity index (χ0v) is 13.7. The van der Waals surface area contributed by atoms with Crippen molar-refractivity contribution >= 4 is 0 Å². The van der Waals surface area contributed by atoms with Gasteiger partial charge in [0.2, 0.25) is 0 Å². The molecule has 0 fully saturated rings. The Balaban J connectivity index is 1.93. The highest BCUT2D eigenvalue weighted by Gasteiger charge is 2.00. The van der Waals surface area contributed by atoms with Crippen LogP contribution in [0.1, 0.15) is 37.8 Å². The second kappa shape index (κ2) is 9.39. The second-order valence-electron chi connectivity index (χ2n) is 5.50. The Morgan fingerprint density at radius 2 is 0.955 bits per heavy atom. The van der Waals surface area contributed by atoms with Crippen molar-refractivity contribution in [2.75, 3.05) is 13.2 Å². The third-order valence-electron chi connectivity index (χ3n) is 3.48. The van der Waals surface area contributed by atoms with Gasteiger partial charge in [-0.05, 0) is 35.1 Å². The Kier molecular flexibility index (Phi) is 7.14. The van der Waals surface area contributed by atoms with Crippen molar-refractivity contribution in [1.82, 2.24) is 0 Å². The fourth-order valence-corrected chi connectivity index (χ4v) is 2.26. The van der Waals surface area contributed by atoms with Crippen molar-refractivity contribution < 1.29 is 9.47 Å². The molecule has 0 aliphatic carbocycles. The summed E-state index contributed by atoms with van der Waals surface area (Å²) in [7, 11) is 0. The van der Waals surface area contributed by atoms with E-state index < -0.39 is 0 Å². The Morgan fingerprint density at radius 3 is 1.27 bits per heavy atom. The van der Waals surface area contributed by atoms with Gasteiger partial charge in [-0.15, -0.1) is 0 Å². The monoisotopic (exact) mass is 298 g/mol. The molecule has 2 heteroatoms. The van der Waals surface area contributed by atoms with Crippen LogP contribution in [0.3, 0.4) is 0 Å². The highest BCUT2D eigenvalue weighted by Crippen LogP contribution is 2.21. The summed E-state index contributed by atoms with van der Waals surface area (Å²) >= 11 is 0. The van der Waals surface area contributed by atoms with Gasteiger partial charge in [0.25, 0.3) is 0 Å². The summed E-state index contributed by atoms with van der Waals surface area (Å²) in [5.74, 6) is 0. The van der Waals surface area contributed by atoms with Crippen LogP contribution >= 0.6 is 0 Å². The summed E-state index contributed by atoms with van der Waals surface area (Å²) < 4.78 is 11.1. The zero-order chi connectivity index (χ0) is 15.6. The van der Waals surface area contributed by atoms with Crippen molar-refractivity contribution in [3.05, 3.63) is 59.7 Å². The average Bonchev–Trinajstić information content (AvgIpc) is 2.57. The lowest BCUT2D eigenvalue weighted by Gasteiger charge is -2.07. The molecule has 0 spiro atoms. The van der Waals surface area contributed by atoms with Crippen molar-refractivity contribution in [2.45, 2.75) is 39.9 Å². The molecule has 2 aromatic carbocycles. The smallest absolute Gasteiger partial charge is 0.0716 e. The Morgan fingerprint density at radius 1 is 0.591 bits per heavy atom. The van der Waals surface area contributed by atoms with Gasteiger partial charge in [-0.1, -0.05) is 62.4 Å². The molecule has 2 nitrogen and oxygen atoms in total. The van der Waals surface area contributed by atoms with Crippen LogP contribution in [0.25, 0.3) is 11.1 Å². The number of rotatable bonds is 9. The van der Waals surface area contributed by atoms with E-state index in [9.17, 15) is 0 Å². The molecule has 0 unspecified atom stereocenters. The highest BCUT2D eigenvalue weighted by molar-refractivity contribution is 5.63. The van der Waals surface area contributed by atoms with Crippen LogP contribution in [-0.4, -0.2) is 13.2 Å². The molecule has 118 valence electrons. The first-order chi connectivity index (χ1) is 10.8. The molecule has 2 rings (SSSR count). The van der Waals surface area contributed by atoms with E-state index in [1.807, 2.05) is 0 Å². The summed E-state index contributed by atoms with van der Waals surface area (Å²) in [6.45, 7) is 7.29. The van der Waals surface area contributed by atoms with E-state index in [0.29, 0.717) is 13.2 Å². The predicted molar refractivity (Wildman–Crippen MR) is 91.8 cm³/mol. The molecule has 0 aromatic heterocycles. The topological polar surface area (TPSA) is 18.5 Å². The first-order valence-electron chi connectivity index (χ1n) is 8.17. The fraction of sp³-hybridized carbons (Fsp3) is 0.400. The first-order valence-corrected chi connectivity index (χ1v) is 8.17. The molecular weight excluding hydrogens is 272 g/mol. The van der Waals surface area contributed by atoms with E-state index in [1.165, 1.54) is 22.3 Å². The van der Waals surface area contributed by atoms with Gasteiger partial charge < -0.3 is 9.47 Å². The van der Waals surface area contributed by atoms with Crippen LogP contribution < -0.4 is 0 Å². The van der Waals surface area contributed by atoms with Crippen LogP contribution in [-0.2, 0) is 22.7 Å². The third kappa shape index (κ3) is 5.28. The van der Waals surface area contributed by atoms with Gasteiger partial charge in [-0.25, -0.2) is 0 Å². The van der Waals surface area contributed by atoms with Crippen molar-refractivity contribution in [3.63, 3.8) is 0 Å². The fourth-order valence-electron chi connectivity index (χ4n) is 2.26. The minimum absolute atomic E-state index is 0.696. The number of ether oxygens (including phenoxy) is 2. The SMILES string of the molecule is CCCOCc1ccc(-c2ccc(COCCC)cc2)cc1. The molecule has 0 radical (unpaired) electrons. The van der Waals surface area contributed by atoms with Crippen LogP contribution in [0.15, 0.2) is 48.5 Å². The van der Waals surface area contributed by atoms with Crippen LogP contribution in [0.5, 0.6) is 0 Å². The second-order valence-corrected chi connectivity index (χ2v) is 5.50. The normalized spacial score (nSPS) is 10.8. The largest absolute Gasteiger partial charge is 0.377 e. The zero-order valence-electron chi connectivity index (χ0n) is 13.7. The van der Waals surface area contributed by atoms with Gasteiger partial charge >= 0.3 is 0 Å². The van der Waals surface area contributed by atoms with Gasteiger partial charge in [0, 0.05) is 13.2 Å². The van der Waals surface area contributed by atoms with Crippen LogP contribution in [0, 0.1) is 0 Å². The maximum Gasteiger partial charge on any atom is 0.0716 e. The number of benzene rings is 2. The molecule has 22 heavy (non-hydrogen) atoms. The van der Waals surface area contributed by atoms with Gasteiger partial charge in [-0.3, -0.25) is 0 Å². The first kappa shape index (κ1) is 16.7. The van der Waals surface area contributed by atoms with E-state index in [-0.39, 0.29) is 0 Å². The Hall–Kier alpha value is -1.64. The van der Waals surface area contributed by atoms with Gasteiger partial charge in [0.1, 0.15) is 0 Å². The Labute approximate surface area is 134 Å². The van der Waals surface area contributed by atoms with Crippen molar-refractivity contribution in [1.29, 1.82) is 0 Å². The van der Waals surface area contributed by atoms with E-state index in [4.69, 9.17) is 9.47 Å². The third-order valence-corrected chi connectivity index (χ3v) is 3.48. The standard InChI is InChI=1S/C20H26O2/c1-3-13-21-15-17-5-9-19(10-6-17)20-11-7-18(8-12-20)16-22-14-4-2/h5-12H,3-4,13-16H2,1-2H3. The van der Waals surface area contributed by atoms with Gasteiger partial charge in [0.15, 0.2) is 0 Å². The van der Waals surface area contributed by atoms with Crippen LogP contribution in [0.4, 0.5) is 0 Å². The van der Waals surface area contributed by atoms with E-state index in [0.717, 1.165) is 26.1 Å². The number of hydrogen-bond donors (Lipinski definition) is 0. The van der Waals surface area contributed by atoms with E-state index in [1.54, 1.807) is 0 Å². The predicted octanol–water partition coefficient (Wildman–Crippen LogP) is 5.21. The van der Waals surface area contributed by atoms with Crippen LogP contribution in [0.2, 0.25) is 0 Å². The highest BCUT2D eigenvalue weighted by atomic mass is 16.5. The lowest BCUT2D eigenvalue weighted by molar-refractivity contribution is 0.121. The molecule has 0 N–H and O–H groups in total.